The first-order chi connectivity index (χ1) is 8.21. The van der Waals surface area contributed by atoms with Crippen LogP contribution in [-0.4, -0.2) is 18.3 Å². The summed E-state index contributed by atoms with van der Waals surface area (Å²) in [6.07, 6.45) is 3.58. The van der Waals surface area contributed by atoms with Crippen LogP contribution in [0.15, 0.2) is 0 Å². The number of nitrogens with two attached hydrogens (primary N) is 1. The molecule has 4 rings (SSSR count). The highest BCUT2D eigenvalue weighted by Gasteiger charge is 2.47. The van der Waals surface area contributed by atoms with Crippen LogP contribution in [0, 0.1) is 0 Å². The minimum Gasteiger partial charge on any atom is -0.504 e. The fourth-order valence-corrected chi connectivity index (χ4v) is 3.00. The Morgan fingerprint density at radius 1 is 1.00 bits per heavy atom. The van der Waals surface area contributed by atoms with Crippen LogP contribution in [0.2, 0.25) is 0 Å². The Hall–Kier alpha value is -1.42. The zero-order chi connectivity index (χ0) is 11.6. The van der Waals surface area contributed by atoms with Crippen molar-refractivity contribution in [3.8, 4) is 17.2 Å². The third kappa shape index (κ3) is 1.11. The first kappa shape index (κ1) is 9.59. The molecule has 0 atom stereocenters. The molecular formula is C13H15NO3. The van der Waals surface area contributed by atoms with E-state index in [0.717, 1.165) is 48.1 Å². The Balaban J connectivity index is 2.05. The van der Waals surface area contributed by atoms with Crippen molar-refractivity contribution in [3.63, 3.8) is 0 Å². The quantitative estimate of drug-likeness (QED) is 0.765. The van der Waals surface area contributed by atoms with Gasteiger partial charge in [0.1, 0.15) is 5.75 Å². The van der Waals surface area contributed by atoms with Gasteiger partial charge in [-0.3, -0.25) is 0 Å². The zero-order valence-corrected chi connectivity index (χ0v) is 9.58. The monoisotopic (exact) mass is 233 g/mol. The van der Waals surface area contributed by atoms with Gasteiger partial charge >= 0.3 is 0 Å². The van der Waals surface area contributed by atoms with Gasteiger partial charge in [0.15, 0.2) is 11.5 Å². The molecule has 1 aromatic carbocycles. The molecule has 1 fully saturated rings. The van der Waals surface area contributed by atoms with Gasteiger partial charge in [0.25, 0.3) is 0 Å². The highest BCUT2D eigenvalue weighted by atomic mass is 16.5. The number of ether oxygens (including phenoxy) is 2. The molecule has 4 heteroatoms. The molecule has 1 aliphatic carbocycles. The molecule has 90 valence electrons. The SMILES string of the molecule is NC1(c2c3c(c(O)c4c2OCC4)OCC3)CC1. The second kappa shape index (κ2) is 2.88. The van der Waals surface area contributed by atoms with Crippen molar-refractivity contribution in [2.45, 2.75) is 31.2 Å². The molecule has 17 heavy (non-hydrogen) atoms. The van der Waals surface area contributed by atoms with Crippen molar-refractivity contribution in [2.24, 2.45) is 5.73 Å². The minimum atomic E-state index is -0.236. The molecule has 0 spiro atoms. The van der Waals surface area contributed by atoms with E-state index in [2.05, 4.69) is 0 Å². The van der Waals surface area contributed by atoms with Gasteiger partial charge in [-0.05, 0) is 12.8 Å². The van der Waals surface area contributed by atoms with E-state index in [1.165, 1.54) is 0 Å². The Kier molecular flexibility index (Phi) is 1.62. The predicted molar refractivity (Wildman–Crippen MR) is 61.6 cm³/mol. The van der Waals surface area contributed by atoms with E-state index in [9.17, 15) is 5.11 Å². The smallest absolute Gasteiger partial charge is 0.165 e. The standard InChI is InChI=1S/C13H15NO3/c14-13(3-4-13)9-7-1-5-17-12(7)10(15)8-2-6-16-11(8)9/h15H,1-6,14H2. The van der Waals surface area contributed by atoms with Gasteiger partial charge in [-0.1, -0.05) is 0 Å². The topological polar surface area (TPSA) is 64.7 Å². The fraction of sp³-hybridized carbons (Fsp3) is 0.538. The van der Waals surface area contributed by atoms with E-state index < -0.39 is 0 Å². The van der Waals surface area contributed by atoms with Crippen LogP contribution in [-0.2, 0) is 18.4 Å². The maximum atomic E-state index is 10.2. The van der Waals surface area contributed by atoms with E-state index in [-0.39, 0.29) is 11.3 Å². The van der Waals surface area contributed by atoms with Gasteiger partial charge in [-0.2, -0.15) is 0 Å². The molecule has 2 heterocycles. The number of phenols is 1. The van der Waals surface area contributed by atoms with Crippen molar-refractivity contribution in [2.75, 3.05) is 13.2 Å². The van der Waals surface area contributed by atoms with Crippen LogP contribution in [0.3, 0.4) is 0 Å². The van der Waals surface area contributed by atoms with E-state index in [1.54, 1.807) is 0 Å². The summed E-state index contributed by atoms with van der Waals surface area (Å²) in [4.78, 5) is 0. The molecule has 1 saturated carbocycles. The van der Waals surface area contributed by atoms with Gasteiger partial charge in [0, 0.05) is 35.1 Å². The van der Waals surface area contributed by atoms with Gasteiger partial charge in [0.2, 0.25) is 0 Å². The number of phenolic OH excluding ortho intramolecular Hbond substituents is 1. The van der Waals surface area contributed by atoms with Gasteiger partial charge < -0.3 is 20.3 Å². The first-order valence-electron chi connectivity index (χ1n) is 6.16. The molecule has 0 bridgehead atoms. The highest BCUT2D eigenvalue weighted by molar-refractivity contribution is 5.67. The van der Waals surface area contributed by atoms with Crippen LogP contribution < -0.4 is 15.2 Å². The number of benzene rings is 1. The van der Waals surface area contributed by atoms with Crippen LogP contribution in [0.1, 0.15) is 29.5 Å². The lowest BCUT2D eigenvalue weighted by Gasteiger charge is -2.19. The molecule has 0 saturated heterocycles. The average Bonchev–Trinajstić information content (AvgIpc) is 2.79. The Morgan fingerprint density at radius 2 is 1.65 bits per heavy atom. The summed E-state index contributed by atoms with van der Waals surface area (Å²) in [6.45, 7) is 1.27. The Labute approximate surface area is 99.3 Å². The molecule has 3 N–H and O–H groups in total. The summed E-state index contributed by atoms with van der Waals surface area (Å²) in [5.41, 5.74) is 9.18. The summed E-state index contributed by atoms with van der Waals surface area (Å²) in [6, 6.07) is 0. The van der Waals surface area contributed by atoms with Crippen LogP contribution in [0.4, 0.5) is 0 Å². The third-order valence-electron chi connectivity index (χ3n) is 4.06. The molecule has 0 radical (unpaired) electrons. The molecule has 4 nitrogen and oxygen atoms in total. The Morgan fingerprint density at radius 3 is 2.35 bits per heavy atom. The molecule has 0 aromatic heterocycles. The number of fused-ring (bicyclic) bond motifs is 2. The summed E-state index contributed by atoms with van der Waals surface area (Å²) < 4.78 is 11.3. The van der Waals surface area contributed by atoms with Gasteiger partial charge in [-0.25, -0.2) is 0 Å². The van der Waals surface area contributed by atoms with E-state index in [0.29, 0.717) is 19.0 Å². The lowest BCUT2D eigenvalue weighted by molar-refractivity contribution is 0.333. The summed E-state index contributed by atoms with van der Waals surface area (Å²) in [5, 5.41) is 10.2. The second-order valence-electron chi connectivity index (χ2n) is 5.19. The van der Waals surface area contributed by atoms with Crippen molar-refractivity contribution in [1.29, 1.82) is 0 Å². The van der Waals surface area contributed by atoms with Crippen molar-refractivity contribution < 1.29 is 14.6 Å². The Bertz CT molecular complexity index is 485. The number of rotatable bonds is 1. The fourth-order valence-electron chi connectivity index (χ4n) is 3.00. The minimum absolute atomic E-state index is 0.236. The summed E-state index contributed by atoms with van der Waals surface area (Å²) in [7, 11) is 0. The maximum Gasteiger partial charge on any atom is 0.165 e. The van der Waals surface area contributed by atoms with Gasteiger partial charge in [-0.15, -0.1) is 0 Å². The van der Waals surface area contributed by atoms with Crippen LogP contribution in [0.25, 0.3) is 0 Å². The lowest BCUT2D eigenvalue weighted by atomic mass is 9.92. The molecule has 0 unspecified atom stereocenters. The third-order valence-corrected chi connectivity index (χ3v) is 4.06. The van der Waals surface area contributed by atoms with E-state index in [1.807, 2.05) is 0 Å². The first-order valence-corrected chi connectivity index (χ1v) is 6.16. The zero-order valence-electron chi connectivity index (χ0n) is 9.58. The second-order valence-corrected chi connectivity index (χ2v) is 5.19. The molecule has 3 aliphatic rings. The molecule has 2 aliphatic heterocycles. The van der Waals surface area contributed by atoms with Crippen molar-refractivity contribution in [1.82, 2.24) is 0 Å². The normalized spacial score (nSPS) is 22.6. The number of hydrogen-bond acceptors (Lipinski definition) is 4. The summed E-state index contributed by atoms with van der Waals surface area (Å²) in [5.74, 6) is 1.77. The molecule has 0 amide bonds. The lowest BCUT2D eigenvalue weighted by Crippen LogP contribution is -2.21. The van der Waals surface area contributed by atoms with Crippen LogP contribution in [0.5, 0.6) is 17.2 Å². The number of aromatic hydroxyl groups is 1. The van der Waals surface area contributed by atoms with E-state index in [4.69, 9.17) is 15.2 Å². The van der Waals surface area contributed by atoms with Crippen molar-refractivity contribution >= 4 is 0 Å². The molecular weight excluding hydrogens is 218 g/mol. The van der Waals surface area contributed by atoms with Gasteiger partial charge in [0.05, 0.1) is 13.2 Å². The summed E-state index contributed by atoms with van der Waals surface area (Å²) >= 11 is 0. The van der Waals surface area contributed by atoms with Crippen molar-refractivity contribution in [3.05, 3.63) is 16.7 Å². The number of hydrogen-bond donors (Lipinski definition) is 2. The molecule has 1 aromatic rings. The average molecular weight is 233 g/mol. The largest absolute Gasteiger partial charge is 0.504 e. The predicted octanol–water partition coefficient (Wildman–Crippen LogP) is 1.21. The van der Waals surface area contributed by atoms with E-state index >= 15 is 0 Å². The highest BCUT2D eigenvalue weighted by Crippen LogP contribution is 2.56. The van der Waals surface area contributed by atoms with Crippen LogP contribution >= 0.6 is 0 Å². The maximum absolute atomic E-state index is 10.2.